The van der Waals surface area contributed by atoms with Crippen molar-refractivity contribution in [2.45, 2.75) is 38.5 Å². The Morgan fingerprint density at radius 2 is 1.67 bits per heavy atom. The molecule has 0 atom stereocenters. The summed E-state index contributed by atoms with van der Waals surface area (Å²) in [5.74, 6) is -2.51. The smallest absolute Gasteiger partial charge is 0.328 e. The number of aliphatic carboxylic acids is 2. The van der Waals surface area contributed by atoms with Gasteiger partial charge in [-0.25, -0.2) is 9.59 Å². The maximum atomic E-state index is 9.55. The molecular formula is C23H32N2O5. The highest BCUT2D eigenvalue weighted by atomic mass is 16.6. The number of rotatable bonds is 8. The lowest BCUT2D eigenvalue weighted by atomic mass is 10.0. The van der Waals surface area contributed by atoms with Gasteiger partial charge in [0.25, 0.3) is 0 Å². The first-order valence-electron chi connectivity index (χ1n) is 10.1. The molecule has 1 fully saturated rings. The molecule has 7 nitrogen and oxygen atoms in total. The Morgan fingerprint density at radius 3 is 2.27 bits per heavy atom. The van der Waals surface area contributed by atoms with Gasteiger partial charge in [-0.05, 0) is 63.4 Å². The summed E-state index contributed by atoms with van der Waals surface area (Å²) < 4.78 is 0. The Balaban J connectivity index is 0.000000479. The normalized spacial score (nSPS) is 16.9. The number of oxime groups is 1. The molecular weight excluding hydrogens is 384 g/mol. The maximum Gasteiger partial charge on any atom is 0.328 e. The van der Waals surface area contributed by atoms with Crippen molar-refractivity contribution in [3.63, 3.8) is 0 Å². The first-order chi connectivity index (χ1) is 14.4. The summed E-state index contributed by atoms with van der Waals surface area (Å²) >= 11 is 0. The predicted octanol–water partition coefficient (Wildman–Crippen LogP) is 4.07. The van der Waals surface area contributed by atoms with Crippen LogP contribution in [0.4, 0.5) is 0 Å². The van der Waals surface area contributed by atoms with Crippen molar-refractivity contribution < 1.29 is 24.6 Å². The van der Waals surface area contributed by atoms with Crippen molar-refractivity contribution in [2.24, 2.45) is 5.16 Å². The molecule has 0 aliphatic heterocycles. The Morgan fingerprint density at radius 1 is 1.03 bits per heavy atom. The highest BCUT2D eigenvalue weighted by Crippen LogP contribution is 2.23. The summed E-state index contributed by atoms with van der Waals surface area (Å²) in [6.07, 6.45) is 10.3. The molecule has 0 bridgehead atoms. The van der Waals surface area contributed by atoms with Gasteiger partial charge in [0.1, 0.15) is 6.61 Å². The van der Waals surface area contributed by atoms with Gasteiger partial charge in [0.2, 0.25) is 0 Å². The number of carbonyl (C=O) groups is 2. The second-order valence-corrected chi connectivity index (χ2v) is 7.18. The molecule has 0 saturated heterocycles. The molecule has 1 aliphatic rings. The van der Waals surface area contributed by atoms with Crippen LogP contribution in [0.3, 0.4) is 0 Å². The summed E-state index contributed by atoms with van der Waals surface area (Å²) in [4.78, 5) is 26.8. The molecule has 1 aliphatic carbocycles. The Kier molecular flexibility index (Phi) is 12.5. The number of benzene rings is 1. The molecule has 0 amide bonds. The molecule has 0 spiro atoms. The predicted molar refractivity (Wildman–Crippen MR) is 118 cm³/mol. The average Bonchev–Trinajstić information content (AvgIpc) is 2.92. The van der Waals surface area contributed by atoms with Crippen LogP contribution in [0.5, 0.6) is 0 Å². The quantitative estimate of drug-likeness (QED) is 0.287. The Bertz CT molecular complexity index is 723. The van der Waals surface area contributed by atoms with Crippen LogP contribution in [-0.2, 0) is 14.4 Å². The highest BCUT2D eigenvalue weighted by molar-refractivity contribution is 6.03. The fraction of sp³-hybridized carbons (Fsp3) is 0.435. The minimum absolute atomic E-state index is 0.558. The maximum absolute atomic E-state index is 9.55. The summed E-state index contributed by atoms with van der Waals surface area (Å²) in [6.45, 7) is 1.73. The highest BCUT2D eigenvalue weighted by Gasteiger charge is 2.12. The lowest BCUT2D eigenvalue weighted by Gasteiger charge is -2.10. The zero-order valence-corrected chi connectivity index (χ0v) is 17.8. The van der Waals surface area contributed by atoms with Gasteiger partial charge in [-0.3, -0.25) is 0 Å². The minimum atomic E-state index is -1.26. The van der Waals surface area contributed by atoms with E-state index in [2.05, 4.69) is 60.6 Å². The van der Waals surface area contributed by atoms with Gasteiger partial charge in [0, 0.05) is 18.7 Å². The molecule has 0 aromatic heterocycles. The lowest BCUT2D eigenvalue weighted by Crippen LogP contribution is -2.14. The van der Waals surface area contributed by atoms with Gasteiger partial charge >= 0.3 is 11.9 Å². The molecule has 1 aromatic rings. The van der Waals surface area contributed by atoms with Crippen LogP contribution >= 0.6 is 0 Å². The number of hydrogen-bond acceptors (Lipinski definition) is 5. The van der Waals surface area contributed by atoms with E-state index in [4.69, 9.17) is 15.1 Å². The third kappa shape index (κ3) is 12.5. The molecule has 1 saturated carbocycles. The zero-order valence-electron chi connectivity index (χ0n) is 17.8. The van der Waals surface area contributed by atoms with E-state index in [0.29, 0.717) is 18.8 Å². The molecule has 2 N–H and O–H groups in total. The summed E-state index contributed by atoms with van der Waals surface area (Å²) in [5, 5.41) is 20.1. The van der Waals surface area contributed by atoms with Crippen LogP contribution in [-0.4, -0.2) is 60.0 Å². The molecule has 1 aromatic carbocycles. The van der Waals surface area contributed by atoms with Crippen molar-refractivity contribution in [3.05, 3.63) is 53.6 Å². The van der Waals surface area contributed by atoms with E-state index >= 15 is 0 Å². The topological polar surface area (TPSA) is 99.4 Å². The van der Waals surface area contributed by atoms with E-state index in [1.807, 2.05) is 0 Å². The number of carboxylic acid groups (broad SMARTS) is 2. The fourth-order valence-electron chi connectivity index (χ4n) is 2.81. The van der Waals surface area contributed by atoms with E-state index < -0.39 is 11.9 Å². The second kappa shape index (κ2) is 15.0. The van der Waals surface area contributed by atoms with Gasteiger partial charge in [-0.1, -0.05) is 41.9 Å². The van der Waals surface area contributed by atoms with Crippen LogP contribution in [0.2, 0.25) is 0 Å². The van der Waals surface area contributed by atoms with Crippen LogP contribution in [0, 0.1) is 0 Å². The monoisotopic (exact) mass is 416 g/mol. The number of nitrogens with zero attached hydrogens (tertiary/aromatic N) is 2. The van der Waals surface area contributed by atoms with E-state index in [9.17, 15) is 9.59 Å². The largest absolute Gasteiger partial charge is 0.478 e. The molecule has 30 heavy (non-hydrogen) atoms. The molecule has 0 heterocycles. The van der Waals surface area contributed by atoms with Crippen molar-refractivity contribution >= 4 is 23.7 Å². The molecule has 7 heteroatoms. The van der Waals surface area contributed by atoms with E-state index in [0.717, 1.165) is 31.5 Å². The zero-order chi connectivity index (χ0) is 22.2. The third-order valence-electron chi connectivity index (χ3n) is 4.26. The van der Waals surface area contributed by atoms with Gasteiger partial charge < -0.3 is 20.0 Å². The van der Waals surface area contributed by atoms with Crippen LogP contribution < -0.4 is 0 Å². The Labute approximate surface area is 178 Å². The summed E-state index contributed by atoms with van der Waals surface area (Å²) in [6, 6.07) is 10.5. The van der Waals surface area contributed by atoms with Crippen molar-refractivity contribution in [3.8, 4) is 0 Å². The standard InChI is InChI=1S/C19H28N2O.C4H4O4/c1-21(2)14-9-15-22-20-19-13-8-4-7-12-18(19)16-17-10-5-3-6-11-17;5-3(6)1-2-4(7)8/h3,5-6,10-11,16H,4,7-9,12-15H2,1-2H3;1-2H,(H,5,6)(H,7,8)/b18-16-,20-19+;2-1+. The summed E-state index contributed by atoms with van der Waals surface area (Å²) in [7, 11) is 4.16. The third-order valence-corrected chi connectivity index (χ3v) is 4.26. The van der Waals surface area contributed by atoms with Crippen molar-refractivity contribution in [1.82, 2.24) is 4.90 Å². The second-order valence-electron chi connectivity index (χ2n) is 7.18. The molecule has 2 rings (SSSR count). The molecule has 164 valence electrons. The van der Waals surface area contributed by atoms with Crippen LogP contribution in [0.25, 0.3) is 6.08 Å². The number of hydrogen-bond donors (Lipinski definition) is 2. The first-order valence-corrected chi connectivity index (χ1v) is 10.1. The lowest BCUT2D eigenvalue weighted by molar-refractivity contribution is -0.134. The fourth-order valence-corrected chi connectivity index (χ4v) is 2.81. The summed E-state index contributed by atoms with van der Waals surface area (Å²) in [5.41, 5.74) is 3.74. The van der Waals surface area contributed by atoms with Crippen molar-refractivity contribution in [2.75, 3.05) is 27.2 Å². The SMILES string of the molecule is CN(C)CCCO/N=C1\CCCCC\C1=C\c1ccccc1.O=C(O)/C=C/C(=O)O. The van der Waals surface area contributed by atoms with E-state index in [1.165, 1.54) is 30.4 Å². The van der Waals surface area contributed by atoms with Gasteiger partial charge in [0.15, 0.2) is 0 Å². The molecule has 0 radical (unpaired) electrons. The average molecular weight is 417 g/mol. The van der Waals surface area contributed by atoms with Gasteiger partial charge in [0.05, 0.1) is 5.71 Å². The minimum Gasteiger partial charge on any atom is -0.478 e. The first kappa shape index (κ1) is 25.1. The van der Waals surface area contributed by atoms with Crippen molar-refractivity contribution in [1.29, 1.82) is 0 Å². The molecule has 0 unspecified atom stereocenters. The van der Waals surface area contributed by atoms with E-state index in [1.54, 1.807) is 0 Å². The number of carboxylic acids is 2. The van der Waals surface area contributed by atoms with Gasteiger partial charge in [-0.2, -0.15) is 0 Å². The van der Waals surface area contributed by atoms with Gasteiger partial charge in [-0.15, -0.1) is 0 Å². The van der Waals surface area contributed by atoms with Crippen LogP contribution in [0.1, 0.15) is 44.1 Å². The van der Waals surface area contributed by atoms with Crippen LogP contribution in [0.15, 0.2) is 53.2 Å². The van der Waals surface area contributed by atoms with E-state index in [-0.39, 0.29) is 0 Å². The number of allylic oxidation sites excluding steroid dienone is 1. The Hall–Kier alpha value is -2.93.